The van der Waals surface area contributed by atoms with Crippen LogP contribution in [0.3, 0.4) is 0 Å². The molecule has 2 N–H and O–H groups in total. The minimum absolute atomic E-state index is 0.171. The predicted octanol–water partition coefficient (Wildman–Crippen LogP) is 6.07. The maximum Gasteiger partial charge on any atom is 0.255 e. The molecule has 54 heavy (non-hydrogen) atoms. The van der Waals surface area contributed by atoms with Crippen LogP contribution >= 0.6 is 0 Å². The number of nitrogens with one attached hydrogen (secondary N) is 1. The zero-order valence-electron chi connectivity index (χ0n) is 30.6. The molecule has 3 aliphatic rings. The van der Waals surface area contributed by atoms with Crippen LogP contribution in [0.1, 0.15) is 71.6 Å². The number of carbonyl (C=O) groups is 4. The number of benzene rings is 4. The number of hydrogen-bond donors (Lipinski definition) is 2. The molecule has 0 aromatic heterocycles. The number of aromatic hydroxyl groups is 1. The zero-order valence-corrected chi connectivity index (χ0v) is 30.6. The summed E-state index contributed by atoms with van der Waals surface area (Å²) in [5.74, 6) is 0.312. The van der Waals surface area contributed by atoms with Crippen LogP contribution in [-0.4, -0.2) is 83.8 Å². The summed E-state index contributed by atoms with van der Waals surface area (Å²) in [5.41, 5.74) is 8.11. The standard InChI is InChI=1S/C44H46N4O6/c1-2-38(30-7-4-3-5-8-30)42(31-10-15-35(49)16-11-31)32-12-17-37(18-13-32)54-26-6-9-36(50)29-46-22-24-47(25-23-46)34-14-19-39-33(27-34)28-48(44(39)53)40-20-21-41(51)45-43(40)52/h3-5,7-8,10-19,27,40,49H,2,6,9,20-26,28-29H2,1H3,(H,45,51,52). The summed E-state index contributed by atoms with van der Waals surface area (Å²) in [4.78, 5) is 56.0. The van der Waals surface area contributed by atoms with Crippen molar-refractivity contribution >= 4 is 40.3 Å². The van der Waals surface area contributed by atoms with Gasteiger partial charge in [-0.3, -0.25) is 29.4 Å². The number of anilines is 1. The summed E-state index contributed by atoms with van der Waals surface area (Å²) < 4.78 is 6.05. The Hall–Kier alpha value is -5.74. The van der Waals surface area contributed by atoms with E-state index in [1.807, 2.05) is 60.7 Å². The Balaban J connectivity index is 0.872. The number of fused-ring (bicyclic) bond motifs is 1. The molecule has 4 aromatic rings. The summed E-state index contributed by atoms with van der Waals surface area (Å²) >= 11 is 0. The molecule has 4 aromatic carbocycles. The van der Waals surface area contributed by atoms with Crippen molar-refractivity contribution in [2.45, 2.75) is 51.6 Å². The van der Waals surface area contributed by atoms with Gasteiger partial charge in [0.25, 0.3) is 5.91 Å². The van der Waals surface area contributed by atoms with Gasteiger partial charge in [-0.05, 0) is 95.1 Å². The Morgan fingerprint density at radius 3 is 2.24 bits per heavy atom. The number of Topliss-reactive ketones (excluding diaryl/α,β-unsaturated/α-hetero) is 1. The Bertz CT molecular complexity index is 2040. The maximum atomic E-state index is 13.1. The Morgan fingerprint density at radius 2 is 1.56 bits per heavy atom. The second-order valence-electron chi connectivity index (χ2n) is 14.1. The number of piperidine rings is 1. The Kier molecular flexibility index (Phi) is 11.2. The van der Waals surface area contributed by atoms with E-state index in [0.717, 1.165) is 71.9 Å². The van der Waals surface area contributed by atoms with E-state index in [1.54, 1.807) is 17.0 Å². The number of ketones is 1. The van der Waals surface area contributed by atoms with Gasteiger partial charge in [0.15, 0.2) is 0 Å². The van der Waals surface area contributed by atoms with Crippen molar-refractivity contribution in [3.63, 3.8) is 0 Å². The monoisotopic (exact) mass is 726 g/mol. The molecule has 3 amide bonds. The first-order valence-electron chi connectivity index (χ1n) is 18.8. The molecule has 1 atom stereocenters. The number of phenols is 1. The molecule has 0 radical (unpaired) electrons. The molecule has 7 rings (SSSR count). The van der Waals surface area contributed by atoms with Crippen molar-refractivity contribution in [2.75, 3.05) is 44.2 Å². The largest absolute Gasteiger partial charge is 0.508 e. The second kappa shape index (κ2) is 16.5. The third-order valence-corrected chi connectivity index (χ3v) is 10.6. The first-order chi connectivity index (χ1) is 26.3. The SMILES string of the molecule is CCC(=C(c1ccc(O)cc1)c1ccc(OCCCC(=O)CN2CCN(c3ccc4c(c3)CN(C3CCC(=O)NC3=O)C4=O)CC2)cc1)c1ccccc1. The molecule has 2 saturated heterocycles. The van der Waals surface area contributed by atoms with Gasteiger partial charge >= 0.3 is 0 Å². The molecule has 278 valence electrons. The van der Waals surface area contributed by atoms with E-state index in [-0.39, 0.29) is 29.8 Å². The van der Waals surface area contributed by atoms with Crippen molar-refractivity contribution < 1.29 is 29.0 Å². The fourth-order valence-electron chi connectivity index (χ4n) is 7.74. The van der Waals surface area contributed by atoms with E-state index in [2.05, 4.69) is 46.3 Å². The van der Waals surface area contributed by atoms with E-state index < -0.39 is 11.9 Å². The Morgan fingerprint density at radius 1 is 0.852 bits per heavy atom. The summed E-state index contributed by atoms with van der Waals surface area (Å²) in [7, 11) is 0. The predicted molar refractivity (Wildman–Crippen MR) is 208 cm³/mol. The van der Waals surface area contributed by atoms with Crippen LogP contribution in [0.4, 0.5) is 5.69 Å². The van der Waals surface area contributed by atoms with Crippen LogP contribution in [0.15, 0.2) is 97.1 Å². The average molecular weight is 727 g/mol. The van der Waals surface area contributed by atoms with E-state index >= 15 is 0 Å². The topological polar surface area (TPSA) is 119 Å². The summed E-state index contributed by atoms with van der Waals surface area (Å²) in [6, 6.07) is 31.0. The van der Waals surface area contributed by atoms with Crippen molar-refractivity contribution in [2.24, 2.45) is 0 Å². The molecule has 3 aliphatic heterocycles. The number of amides is 3. The molecule has 1 unspecified atom stereocenters. The first kappa shape index (κ1) is 36.6. The quantitative estimate of drug-likeness (QED) is 0.0969. The molecular formula is C44H46N4O6. The van der Waals surface area contributed by atoms with Gasteiger partial charge in [-0.15, -0.1) is 0 Å². The van der Waals surface area contributed by atoms with E-state index in [9.17, 15) is 24.3 Å². The highest BCUT2D eigenvalue weighted by Crippen LogP contribution is 2.36. The summed E-state index contributed by atoms with van der Waals surface area (Å²) in [5, 5.41) is 12.3. The van der Waals surface area contributed by atoms with Gasteiger partial charge in [0.1, 0.15) is 23.3 Å². The van der Waals surface area contributed by atoms with Crippen LogP contribution in [0, 0.1) is 0 Å². The molecule has 0 bridgehead atoms. The van der Waals surface area contributed by atoms with Gasteiger partial charge in [-0.2, -0.15) is 0 Å². The van der Waals surface area contributed by atoms with Gasteiger partial charge in [0.05, 0.1) is 13.2 Å². The van der Waals surface area contributed by atoms with Crippen LogP contribution < -0.4 is 15.0 Å². The molecule has 0 saturated carbocycles. The maximum absolute atomic E-state index is 13.1. The highest BCUT2D eigenvalue weighted by molar-refractivity contribution is 6.05. The summed E-state index contributed by atoms with van der Waals surface area (Å²) in [6.07, 6.45) is 2.50. The fraction of sp³-hybridized carbons (Fsp3) is 0.318. The van der Waals surface area contributed by atoms with Crippen molar-refractivity contribution in [3.05, 3.63) is 125 Å². The van der Waals surface area contributed by atoms with Gasteiger partial charge in [-0.25, -0.2) is 0 Å². The van der Waals surface area contributed by atoms with Gasteiger partial charge in [0, 0.05) is 56.8 Å². The zero-order chi connectivity index (χ0) is 37.6. The fourth-order valence-corrected chi connectivity index (χ4v) is 7.74. The average Bonchev–Trinajstić information content (AvgIpc) is 3.51. The third-order valence-electron chi connectivity index (χ3n) is 10.6. The summed E-state index contributed by atoms with van der Waals surface area (Å²) in [6.45, 7) is 6.43. The van der Waals surface area contributed by atoms with Crippen LogP contribution in [-0.2, 0) is 20.9 Å². The molecule has 10 nitrogen and oxygen atoms in total. The highest BCUT2D eigenvalue weighted by atomic mass is 16.5. The minimum atomic E-state index is -0.626. The number of imide groups is 1. The smallest absolute Gasteiger partial charge is 0.255 e. The van der Waals surface area contributed by atoms with Crippen molar-refractivity contribution in [3.8, 4) is 11.5 Å². The molecular weight excluding hydrogens is 681 g/mol. The lowest BCUT2D eigenvalue weighted by atomic mass is 9.88. The van der Waals surface area contributed by atoms with Gasteiger partial charge < -0.3 is 19.6 Å². The number of allylic oxidation sites excluding steroid dienone is 1. The van der Waals surface area contributed by atoms with Crippen LogP contribution in [0.25, 0.3) is 11.1 Å². The van der Waals surface area contributed by atoms with Gasteiger partial charge in [-0.1, -0.05) is 61.5 Å². The first-order valence-corrected chi connectivity index (χ1v) is 18.8. The van der Waals surface area contributed by atoms with Crippen LogP contribution in [0.2, 0.25) is 0 Å². The van der Waals surface area contributed by atoms with Crippen molar-refractivity contribution in [1.29, 1.82) is 0 Å². The molecule has 3 heterocycles. The molecule has 10 heteroatoms. The number of carbonyl (C=O) groups excluding carboxylic acids is 4. The Labute approximate surface area is 316 Å². The number of hydrogen-bond acceptors (Lipinski definition) is 8. The van der Waals surface area contributed by atoms with E-state index in [1.165, 1.54) is 5.57 Å². The molecule has 0 spiro atoms. The van der Waals surface area contributed by atoms with Gasteiger partial charge in [0.2, 0.25) is 11.8 Å². The normalized spacial score (nSPS) is 17.9. The third kappa shape index (κ3) is 8.24. The van der Waals surface area contributed by atoms with E-state index in [0.29, 0.717) is 44.5 Å². The number of rotatable bonds is 13. The second-order valence-corrected chi connectivity index (χ2v) is 14.1. The molecule has 0 aliphatic carbocycles. The lowest BCUT2D eigenvalue weighted by Crippen LogP contribution is -2.52. The van der Waals surface area contributed by atoms with Crippen molar-refractivity contribution in [1.82, 2.24) is 15.1 Å². The van der Waals surface area contributed by atoms with E-state index in [4.69, 9.17) is 4.74 Å². The number of nitrogens with zero attached hydrogens (tertiary/aromatic N) is 3. The lowest BCUT2D eigenvalue weighted by molar-refractivity contribution is -0.137. The number of ether oxygens (including phenoxy) is 1. The highest BCUT2D eigenvalue weighted by Gasteiger charge is 2.39. The number of phenolic OH excluding ortho intramolecular Hbond substituents is 1. The van der Waals surface area contributed by atoms with Crippen LogP contribution in [0.5, 0.6) is 11.5 Å². The molecule has 2 fully saturated rings. The lowest BCUT2D eigenvalue weighted by Gasteiger charge is -2.36. The number of piperazine rings is 1. The minimum Gasteiger partial charge on any atom is -0.508 e.